The Labute approximate surface area is 201 Å². The Morgan fingerprint density at radius 3 is 2.53 bits per heavy atom. The highest BCUT2D eigenvalue weighted by atomic mass is 35.5. The zero-order valence-corrected chi connectivity index (χ0v) is 20.4. The lowest BCUT2D eigenvalue weighted by Gasteiger charge is -2.27. The molecule has 1 aliphatic heterocycles. The van der Waals surface area contributed by atoms with Gasteiger partial charge in [-0.25, -0.2) is 0 Å². The first-order valence-corrected chi connectivity index (χ1v) is 12.6. The molecule has 1 amide bonds. The molecule has 2 aliphatic rings. The Kier molecular flexibility index (Phi) is 7.98. The summed E-state index contributed by atoms with van der Waals surface area (Å²) in [4.78, 5) is 15.0. The summed E-state index contributed by atoms with van der Waals surface area (Å²) in [5.74, 6) is 0.0188. The summed E-state index contributed by atoms with van der Waals surface area (Å²) in [6, 6.07) is 10.2. The topological polar surface area (TPSA) is 44.4 Å². The van der Waals surface area contributed by atoms with E-state index in [4.69, 9.17) is 23.2 Å². The fourth-order valence-electron chi connectivity index (χ4n) is 4.97. The third-order valence-electron chi connectivity index (χ3n) is 6.91. The second-order valence-corrected chi connectivity index (χ2v) is 9.85. The van der Waals surface area contributed by atoms with Gasteiger partial charge in [0.1, 0.15) is 0 Å². The second-order valence-electron chi connectivity index (χ2n) is 9.04. The summed E-state index contributed by atoms with van der Waals surface area (Å²) in [5.41, 5.74) is 5.27. The smallest absolute Gasteiger partial charge is 0.255 e. The van der Waals surface area contributed by atoms with E-state index < -0.39 is 0 Å². The van der Waals surface area contributed by atoms with Crippen LogP contribution in [0, 0.1) is 0 Å². The van der Waals surface area contributed by atoms with E-state index in [9.17, 15) is 4.79 Å². The van der Waals surface area contributed by atoms with Gasteiger partial charge in [0, 0.05) is 19.6 Å². The van der Waals surface area contributed by atoms with E-state index in [1.165, 1.54) is 36.8 Å². The van der Waals surface area contributed by atoms with Gasteiger partial charge in [0.25, 0.3) is 5.91 Å². The van der Waals surface area contributed by atoms with Crippen molar-refractivity contribution in [2.75, 3.05) is 25.5 Å². The van der Waals surface area contributed by atoms with Crippen molar-refractivity contribution in [3.05, 3.63) is 62.6 Å². The second kappa shape index (κ2) is 10.9. The van der Waals surface area contributed by atoms with Gasteiger partial charge in [0.2, 0.25) is 0 Å². The number of nitrogens with one attached hydrogen (secondary N) is 2. The number of hydrogen-bond acceptors (Lipinski definition) is 3. The van der Waals surface area contributed by atoms with Crippen LogP contribution in [-0.2, 0) is 19.4 Å². The van der Waals surface area contributed by atoms with Crippen LogP contribution in [0.5, 0.6) is 0 Å². The predicted octanol–water partition coefficient (Wildman–Crippen LogP) is 6.09. The molecule has 32 heavy (non-hydrogen) atoms. The number of carbonyl (C=O) groups is 1. The van der Waals surface area contributed by atoms with Gasteiger partial charge in [-0.15, -0.1) is 0 Å². The molecule has 1 saturated carbocycles. The van der Waals surface area contributed by atoms with Gasteiger partial charge in [-0.1, -0.05) is 61.0 Å². The molecule has 0 radical (unpaired) electrons. The first kappa shape index (κ1) is 23.4. The third kappa shape index (κ3) is 5.41. The minimum absolute atomic E-state index is 0.0188. The van der Waals surface area contributed by atoms with E-state index in [2.05, 4.69) is 16.7 Å². The van der Waals surface area contributed by atoms with Gasteiger partial charge >= 0.3 is 0 Å². The van der Waals surface area contributed by atoms with Crippen LogP contribution in [0.4, 0.5) is 5.69 Å². The normalized spacial score (nSPS) is 17.2. The first-order valence-electron chi connectivity index (χ1n) is 11.8. The summed E-state index contributed by atoms with van der Waals surface area (Å²) < 4.78 is 0. The van der Waals surface area contributed by atoms with Crippen LogP contribution >= 0.6 is 23.2 Å². The molecule has 0 bridgehead atoms. The van der Waals surface area contributed by atoms with Crippen molar-refractivity contribution in [2.45, 2.75) is 64.0 Å². The van der Waals surface area contributed by atoms with E-state index in [0.717, 1.165) is 55.0 Å². The number of fused-ring (bicyclic) bond motifs is 1. The van der Waals surface area contributed by atoms with Gasteiger partial charge in [-0.2, -0.15) is 0 Å². The standard InChI is InChI=1S/C26H33Cl2N3O/c1-31(20-6-4-2-3-5-7-20)26(32)22-10-8-18(16-24(22)28)17-30-25-21-13-15-29-14-12-19(21)9-11-23(25)27/h8-11,16,20,29-30H,2-7,12-15,17H2,1H3. The summed E-state index contributed by atoms with van der Waals surface area (Å²) in [7, 11) is 1.92. The van der Waals surface area contributed by atoms with Crippen LogP contribution in [0.15, 0.2) is 30.3 Å². The Morgan fingerprint density at radius 1 is 1.03 bits per heavy atom. The van der Waals surface area contributed by atoms with Crippen molar-refractivity contribution in [3.8, 4) is 0 Å². The van der Waals surface area contributed by atoms with E-state index in [0.29, 0.717) is 23.2 Å². The quantitative estimate of drug-likeness (QED) is 0.516. The van der Waals surface area contributed by atoms with Crippen molar-refractivity contribution < 1.29 is 4.79 Å². The maximum absolute atomic E-state index is 13.1. The lowest BCUT2D eigenvalue weighted by Crippen LogP contribution is -2.36. The van der Waals surface area contributed by atoms with Crippen LogP contribution in [-0.4, -0.2) is 37.0 Å². The van der Waals surface area contributed by atoms with Crippen LogP contribution in [0.2, 0.25) is 10.0 Å². The molecule has 0 atom stereocenters. The van der Waals surface area contributed by atoms with Crippen molar-refractivity contribution in [1.82, 2.24) is 10.2 Å². The molecule has 4 rings (SSSR count). The summed E-state index contributed by atoms with van der Waals surface area (Å²) in [6.45, 7) is 2.56. The fraction of sp³-hybridized carbons (Fsp3) is 0.500. The third-order valence-corrected chi connectivity index (χ3v) is 7.54. The van der Waals surface area contributed by atoms with Gasteiger partial charge in [0.15, 0.2) is 0 Å². The van der Waals surface area contributed by atoms with Crippen LogP contribution in [0.3, 0.4) is 0 Å². The lowest BCUT2D eigenvalue weighted by molar-refractivity contribution is 0.0718. The van der Waals surface area contributed by atoms with Crippen molar-refractivity contribution in [1.29, 1.82) is 0 Å². The number of nitrogens with zero attached hydrogens (tertiary/aromatic N) is 1. The molecule has 0 aromatic heterocycles. The van der Waals surface area contributed by atoms with Crippen molar-refractivity contribution >= 4 is 34.8 Å². The van der Waals surface area contributed by atoms with Gasteiger partial charge in [-0.3, -0.25) is 4.79 Å². The Morgan fingerprint density at radius 2 is 1.78 bits per heavy atom. The molecule has 0 spiro atoms. The van der Waals surface area contributed by atoms with Gasteiger partial charge in [0.05, 0.1) is 21.3 Å². The fourth-order valence-corrected chi connectivity index (χ4v) is 5.50. The van der Waals surface area contributed by atoms with Gasteiger partial charge in [-0.05, 0) is 73.7 Å². The molecule has 2 aromatic carbocycles. The van der Waals surface area contributed by atoms with E-state index in [1.807, 2.05) is 36.2 Å². The van der Waals surface area contributed by atoms with Crippen molar-refractivity contribution in [2.24, 2.45) is 0 Å². The predicted molar refractivity (Wildman–Crippen MR) is 134 cm³/mol. The highest BCUT2D eigenvalue weighted by Crippen LogP contribution is 2.32. The Balaban J connectivity index is 1.46. The number of halogens is 2. The lowest BCUT2D eigenvalue weighted by atomic mass is 10.0. The number of amides is 1. The number of benzene rings is 2. The minimum Gasteiger partial charge on any atom is -0.380 e. The molecule has 6 heteroatoms. The van der Waals surface area contributed by atoms with Crippen LogP contribution in [0.1, 0.15) is 65.6 Å². The molecule has 1 fully saturated rings. The first-order chi connectivity index (χ1) is 15.5. The van der Waals surface area contributed by atoms with Crippen molar-refractivity contribution in [3.63, 3.8) is 0 Å². The largest absolute Gasteiger partial charge is 0.380 e. The van der Waals surface area contributed by atoms with Crippen LogP contribution < -0.4 is 10.6 Å². The number of carbonyl (C=O) groups excluding carboxylic acids is 1. The molecular weight excluding hydrogens is 441 g/mol. The van der Waals surface area contributed by atoms with E-state index in [1.54, 1.807) is 0 Å². The monoisotopic (exact) mass is 473 g/mol. The van der Waals surface area contributed by atoms with Gasteiger partial charge < -0.3 is 15.5 Å². The summed E-state index contributed by atoms with van der Waals surface area (Å²) in [6.07, 6.45) is 9.07. The zero-order chi connectivity index (χ0) is 22.5. The van der Waals surface area contributed by atoms with E-state index in [-0.39, 0.29) is 5.91 Å². The average molecular weight is 474 g/mol. The highest BCUT2D eigenvalue weighted by Gasteiger charge is 2.24. The molecular formula is C26H33Cl2N3O. The maximum Gasteiger partial charge on any atom is 0.255 e. The Hall–Kier alpha value is -1.75. The van der Waals surface area contributed by atoms with E-state index >= 15 is 0 Å². The molecule has 0 saturated heterocycles. The zero-order valence-electron chi connectivity index (χ0n) is 18.9. The summed E-state index contributed by atoms with van der Waals surface area (Å²) >= 11 is 13.1. The highest BCUT2D eigenvalue weighted by molar-refractivity contribution is 6.34. The number of anilines is 1. The maximum atomic E-state index is 13.1. The minimum atomic E-state index is 0.0188. The summed E-state index contributed by atoms with van der Waals surface area (Å²) in [5, 5.41) is 8.23. The molecule has 1 heterocycles. The van der Waals surface area contributed by atoms with Crippen LogP contribution in [0.25, 0.3) is 0 Å². The molecule has 172 valence electrons. The SMILES string of the molecule is CN(C(=O)c1ccc(CNc2c(Cl)ccc3c2CCNCC3)cc1Cl)C1CCCCCC1. The molecule has 1 aliphatic carbocycles. The molecule has 2 aromatic rings. The molecule has 0 unspecified atom stereocenters. The molecule has 2 N–H and O–H groups in total. The molecule has 4 nitrogen and oxygen atoms in total. The number of rotatable bonds is 5. The Bertz CT molecular complexity index is 954. The number of hydrogen-bond donors (Lipinski definition) is 2. The average Bonchev–Trinajstić information content (AvgIpc) is 3.21.